The smallest absolute Gasteiger partial charge is 0.161 e. The summed E-state index contributed by atoms with van der Waals surface area (Å²) >= 11 is 0. The summed E-state index contributed by atoms with van der Waals surface area (Å²) < 4.78 is 22.0. The number of benzene rings is 2. The van der Waals surface area contributed by atoms with Crippen molar-refractivity contribution in [1.29, 1.82) is 10.8 Å². The lowest BCUT2D eigenvalue weighted by Gasteiger charge is -2.13. The highest BCUT2D eigenvalue weighted by Crippen LogP contribution is 2.28. The first kappa shape index (κ1) is 20.9. The summed E-state index contributed by atoms with van der Waals surface area (Å²) in [7, 11) is 3.11. The number of amidine groups is 2. The minimum atomic E-state index is -0.0427. The van der Waals surface area contributed by atoms with E-state index in [1.54, 1.807) is 50.6 Å². The Morgan fingerprint density at radius 3 is 2.00 bits per heavy atom. The van der Waals surface area contributed by atoms with E-state index in [-0.39, 0.29) is 11.7 Å². The minimum Gasteiger partial charge on any atom is -0.497 e. The molecular formula is C20H26N4O4. The molecule has 6 N–H and O–H groups in total. The second kappa shape index (κ2) is 10.1. The van der Waals surface area contributed by atoms with Gasteiger partial charge in [-0.15, -0.1) is 0 Å². The SMILES string of the molecule is COc1cc(OCCCCOc2cc(C(=N)N)ccc2OC)cc(C(=N)N)c1. The summed E-state index contributed by atoms with van der Waals surface area (Å²) in [5.74, 6) is 2.26. The number of hydrogen-bond acceptors (Lipinski definition) is 6. The van der Waals surface area contributed by atoms with Crippen LogP contribution < -0.4 is 30.4 Å². The highest BCUT2D eigenvalue weighted by molar-refractivity contribution is 5.96. The van der Waals surface area contributed by atoms with Gasteiger partial charge in [0, 0.05) is 17.2 Å². The Morgan fingerprint density at radius 2 is 1.39 bits per heavy atom. The second-order valence-corrected chi connectivity index (χ2v) is 5.99. The van der Waals surface area contributed by atoms with Crippen LogP contribution in [0, 0.1) is 10.8 Å². The van der Waals surface area contributed by atoms with Crippen LogP contribution >= 0.6 is 0 Å². The first-order valence-electron chi connectivity index (χ1n) is 8.76. The molecule has 28 heavy (non-hydrogen) atoms. The van der Waals surface area contributed by atoms with Gasteiger partial charge in [0.2, 0.25) is 0 Å². The molecule has 0 saturated heterocycles. The number of nitrogen functional groups attached to an aromatic ring is 2. The van der Waals surface area contributed by atoms with Crippen LogP contribution in [-0.2, 0) is 0 Å². The van der Waals surface area contributed by atoms with E-state index in [1.165, 1.54) is 0 Å². The molecule has 2 rings (SSSR count). The van der Waals surface area contributed by atoms with Gasteiger partial charge in [0.05, 0.1) is 27.4 Å². The zero-order chi connectivity index (χ0) is 20.5. The Bertz CT molecular complexity index is 839. The van der Waals surface area contributed by atoms with Crippen molar-refractivity contribution < 1.29 is 18.9 Å². The first-order chi connectivity index (χ1) is 13.4. The number of hydrogen-bond donors (Lipinski definition) is 4. The molecule has 0 atom stereocenters. The van der Waals surface area contributed by atoms with Gasteiger partial charge >= 0.3 is 0 Å². The van der Waals surface area contributed by atoms with Crippen molar-refractivity contribution in [1.82, 2.24) is 0 Å². The van der Waals surface area contributed by atoms with Gasteiger partial charge in [0.15, 0.2) is 11.5 Å². The molecule has 0 aromatic heterocycles. The second-order valence-electron chi connectivity index (χ2n) is 5.99. The molecule has 0 bridgehead atoms. The van der Waals surface area contributed by atoms with Crippen LogP contribution in [0.25, 0.3) is 0 Å². The molecule has 2 aromatic rings. The van der Waals surface area contributed by atoms with Crippen LogP contribution in [0.2, 0.25) is 0 Å². The van der Waals surface area contributed by atoms with Crippen molar-refractivity contribution in [2.75, 3.05) is 27.4 Å². The molecule has 8 heteroatoms. The van der Waals surface area contributed by atoms with Crippen LogP contribution in [0.1, 0.15) is 24.0 Å². The fraction of sp³-hybridized carbons (Fsp3) is 0.300. The number of nitrogens with one attached hydrogen (secondary N) is 2. The third-order valence-electron chi connectivity index (χ3n) is 3.97. The predicted molar refractivity (Wildman–Crippen MR) is 108 cm³/mol. The topological polar surface area (TPSA) is 137 Å². The molecule has 0 unspecified atom stereocenters. The molecule has 0 aliphatic heterocycles. The maximum atomic E-state index is 7.55. The zero-order valence-electron chi connectivity index (χ0n) is 16.1. The first-order valence-corrected chi connectivity index (χ1v) is 8.76. The van der Waals surface area contributed by atoms with Gasteiger partial charge in [-0.2, -0.15) is 0 Å². The monoisotopic (exact) mass is 386 g/mol. The maximum Gasteiger partial charge on any atom is 0.161 e. The fourth-order valence-electron chi connectivity index (χ4n) is 2.46. The van der Waals surface area contributed by atoms with E-state index in [4.69, 9.17) is 41.2 Å². The third-order valence-corrected chi connectivity index (χ3v) is 3.97. The van der Waals surface area contributed by atoms with Crippen molar-refractivity contribution in [3.05, 3.63) is 47.5 Å². The third kappa shape index (κ3) is 5.80. The molecule has 0 heterocycles. The molecule has 150 valence electrons. The van der Waals surface area contributed by atoms with Gasteiger partial charge in [0.25, 0.3) is 0 Å². The van der Waals surface area contributed by atoms with E-state index in [0.717, 1.165) is 12.8 Å². The Kier molecular flexibility index (Phi) is 7.50. The Morgan fingerprint density at radius 1 is 0.750 bits per heavy atom. The van der Waals surface area contributed by atoms with Gasteiger partial charge < -0.3 is 30.4 Å². The number of nitrogens with two attached hydrogens (primary N) is 2. The van der Waals surface area contributed by atoms with Crippen LogP contribution in [0.15, 0.2) is 36.4 Å². The van der Waals surface area contributed by atoms with Gasteiger partial charge in [0.1, 0.15) is 23.2 Å². The molecule has 0 amide bonds. The maximum absolute atomic E-state index is 7.55. The number of unbranched alkanes of at least 4 members (excludes halogenated alkanes) is 1. The van der Waals surface area contributed by atoms with Crippen molar-refractivity contribution in [2.24, 2.45) is 11.5 Å². The molecule has 0 aliphatic rings. The average molecular weight is 386 g/mol. The number of ether oxygens (including phenoxy) is 4. The largest absolute Gasteiger partial charge is 0.497 e. The summed E-state index contributed by atoms with van der Waals surface area (Å²) in [5, 5.41) is 15.1. The highest BCUT2D eigenvalue weighted by atomic mass is 16.5. The molecule has 2 aromatic carbocycles. The van der Waals surface area contributed by atoms with E-state index in [2.05, 4.69) is 0 Å². The van der Waals surface area contributed by atoms with Crippen molar-refractivity contribution in [3.8, 4) is 23.0 Å². The zero-order valence-corrected chi connectivity index (χ0v) is 16.1. The van der Waals surface area contributed by atoms with E-state index in [9.17, 15) is 0 Å². The van der Waals surface area contributed by atoms with E-state index >= 15 is 0 Å². The van der Waals surface area contributed by atoms with Gasteiger partial charge in [-0.1, -0.05) is 0 Å². The van der Waals surface area contributed by atoms with Crippen LogP contribution in [0.4, 0.5) is 0 Å². The standard InChI is InChI=1S/C20H26N4O4/c1-25-15-9-14(20(23)24)10-16(12-15)27-7-3-4-8-28-18-11-13(19(21)22)5-6-17(18)26-2/h5-6,9-12H,3-4,7-8H2,1-2H3,(H3,21,22)(H3,23,24). The quantitative estimate of drug-likeness (QED) is 0.266. The summed E-state index contributed by atoms with van der Waals surface area (Å²) in [4.78, 5) is 0. The number of methoxy groups -OCH3 is 2. The molecule has 0 saturated carbocycles. The van der Waals surface area contributed by atoms with Crippen LogP contribution in [-0.4, -0.2) is 39.1 Å². The molecule has 0 spiro atoms. The lowest BCUT2D eigenvalue weighted by atomic mass is 10.2. The normalized spacial score (nSPS) is 10.2. The Labute approximate surface area is 164 Å². The lowest BCUT2D eigenvalue weighted by Crippen LogP contribution is -2.12. The van der Waals surface area contributed by atoms with Gasteiger partial charge in [-0.05, 0) is 43.2 Å². The highest BCUT2D eigenvalue weighted by Gasteiger charge is 2.08. The molecule has 0 radical (unpaired) electrons. The summed E-state index contributed by atoms with van der Waals surface area (Å²) in [6.45, 7) is 0.955. The molecule has 8 nitrogen and oxygen atoms in total. The van der Waals surface area contributed by atoms with Gasteiger partial charge in [-0.25, -0.2) is 0 Å². The van der Waals surface area contributed by atoms with E-state index in [0.29, 0.717) is 47.3 Å². The van der Waals surface area contributed by atoms with Crippen molar-refractivity contribution in [3.63, 3.8) is 0 Å². The van der Waals surface area contributed by atoms with Crippen molar-refractivity contribution in [2.45, 2.75) is 12.8 Å². The van der Waals surface area contributed by atoms with Crippen LogP contribution in [0.3, 0.4) is 0 Å². The van der Waals surface area contributed by atoms with Gasteiger partial charge in [-0.3, -0.25) is 10.8 Å². The van der Waals surface area contributed by atoms with E-state index < -0.39 is 0 Å². The molecule has 0 aliphatic carbocycles. The predicted octanol–water partition coefficient (Wildman–Crippen LogP) is 2.51. The lowest BCUT2D eigenvalue weighted by molar-refractivity contribution is 0.258. The Hall–Kier alpha value is -3.42. The molecule has 0 fully saturated rings. The minimum absolute atomic E-state index is 0.0240. The Balaban J connectivity index is 1.83. The van der Waals surface area contributed by atoms with E-state index in [1.807, 2.05) is 0 Å². The van der Waals surface area contributed by atoms with Crippen LogP contribution in [0.5, 0.6) is 23.0 Å². The number of rotatable bonds is 11. The summed E-state index contributed by atoms with van der Waals surface area (Å²) in [5.41, 5.74) is 12.2. The fourth-order valence-corrected chi connectivity index (χ4v) is 2.46. The summed E-state index contributed by atoms with van der Waals surface area (Å²) in [6, 6.07) is 10.3. The summed E-state index contributed by atoms with van der Waals surface area (Å²) in [6.07, 6.45) is 1.53. The van der Waals surface area contributed by atoms with Crippen molar-refractivity contribution >= 4 is 11.7 Å². The molecular weight excluding hydrogens is 360 g/mol. The average Bonchev–Trinajstić information content (AvgIpc) is 2.69.